The average Bonchev–Trinajstić information content (AvgIpc) is 2.27. The molecule has 0 amide bonds. The Bertz CT molecular complexity index is 238. The summed E-state index contributed by atoms with van der Waals surface area (Å²) in [6.45, 7) is 3.76. The van der Waals surface area contributed by atoms with Crippen LogP contribution in [0.1, 0.15) is 20.3 Å². The van der Waals surface area contributed by atoms with E-state index in [1.807, 2.05) is 20.1 Å². The third kappa shape index (κ3) is 10.1. The van der Waals surface area contributed by atoms with Crippen LogP contribution in [-0.2, 0) is 9.59 Å². The molecule has 102 valence electrons. The van der Waals surface area contributed by atoms with Gasteiger partial charge in [0.25, 0.3) is 0 Å². The van der Waals surface area contributed by atoms with Crippen molar-refractivity contribution in [2.75, 3.05) is 12.0 Å². The number of nitrogens with two attached hydrogens (primary N) is 2. The molecule has 6 N–H and O–H groups in total. The molecule has 3 unspecified atom stereocenters. The summed E-state index contributed by atoms with van der Waals surface area (Å²) in [6, 6.07) is -1.40. The molecular formula is C10H22N2O4S. The van der Waals surface area contributed by atoms with E-state index < -0.39 is 24.0 Å². The quantitative estimate of drug-likeness (QED) is 0.541. The van der Waals surface area contributed by atoms with Crippen LogP contribution in [0.15, 0.2) is 0 Å². The van der Waals surface area contributed by atoms with Gasteiger partial charge >= 0.3 is 11.9 Å². The second-order valence-electron chi connectivity index (χ2n) is 3.65. The predicted octanol–water partition coefficient (Wildman–Crippen LogP) is 0.206. The molecule has 0 aromatic rings. The summed E-state index contributed by atoms with van der Waals surface area (Å²) in [7, 11) is 0. The van der Waals surface area contributed by atoms with Crippen LogP contribution in [-0.4, -0.2) is 46.2 Å². The number of carboxylic acid groups (broad SMARTS) is 2. The Balaban J connectivity index is 0. The number of thioether (sulfide) groups is 1. The molecule has 0 saturated carbocycles. The van der Waals surface area contributed by atoms with Crippen LogP contribution in [0.25, 0.3) is 0 Å². The van der Waals surface area contributed by atoms with E-state index in [0.29, 0.717) is 5.75 Å². The van der Waals surface area contributed by atoms with Crippen molar-refractivity contribution >= 4 is 23.7 Å². The van der Waals surface area contributed by atoms with Crippen molar-refractivity contribution in [2.24, 2.45) is 17.4 Å². The monoisotopic (exact) mass is 266 g/mol. The lowest BCUT2D eigenvalue weighted by Gasteiger charge is -2.11. The van der Waals surface area contributed by atoms with Gasteiger partial charge in [0.2, 0.25) is 0 Å². The minimum Gasteiger partial charge on any atom is -0.480 e. The maximum Gasteiger partial charge on any atom is 0.321 e. The van der Waals surface area contributed by atoms with Gasteiger partial charge < -0.3 is 21.7 Å². The molecule has 0 aliphatic rings. The first-order chi connectivity index (χ1) is 7.77. The Hall–Kier alpha value is -0.790. The zero-order chi connectivity index (χ0) is 14.0. The van der Waals surface area contributed by atoms with Crippen LogP contribution < -0.4 is 11.5 Å². The first-order valence-corrected chi connectivity index (χ1v) is 6.62. The van der Waals surface area contributed by atoms with E-state index in [1.165, 1.54) is 11.8 Å². The maximum absolute atomic E-state index is 10.2. The lowest BCUT2D eigenvalue weighted by atomic mass is 10.0. The molecule has 0 radical (unpaired) electrons. The van der Waals surface area contributed by atoms with Gasteiger partial charge in [0.15, 0.2) is 0 Å². The van der Waals surface area contributed by atoms with Crippen molar-refractivity contribution in [3.63, 3.8) is 0 Å². The van der Waals surface area contributed by atoms with Crippen LogP contribution in [0.5, 0.6) is 0 Å². The number of aliphatic carboxylic acids is 2. The van der Waals surface area contributed by atoms with Gasteiger partial charge in [-0.15, -0.1) is 0 Å². The summed E-state index contributed by atoms with van der Waals surface area (Å²) in [6.07, 6.45) is 2.64. The van der Waals surface area contributed by atoms with E-state index in [0.717, 1.165) is 6.42 Å². The van der Waals surface area contributed by atoms with E-state index in [1.54, 1.807) is 0 Å². The number of hydrogen-bond donors (Lipinski definition) is 4. The molecule has 0 spiro atoms. The molecule has 0 aliphatic carbocycles. The van der Waals surface area contributed by atoms with E-state index in [9.17, 15) is 9.59 Å². The van der Waals surface area contributed by atoms with E-state index in [2.05, 4.69) is 0 Å². The molecular weight excluding hydrogens is 244 g/mol. The first kappa shape index (κ1) is 18.6. The fourth-order valence-electron chi connectivity index (χ4n) is 0.748. The number of carbonyl (C=O) groups is 2. The molecule has 17 heavy (non-hydrogen) atoms. The number of rotatable bonds is 6. The molecule has 0 saturated heterocycles. The summed E-state index contributed by atoms with van der Waals surface area (Å²) >= 11 is 1.43. The zero-order valence-electron chi connectivity index (χ0n) is 10.4. The molecule has 7 heteroatoms. The van der Waals surface area contributed by atoms with Gasteiger partial charge in [-0.2, -0.15) is 11.8 Å². The van der Waals surface area contributed by atoms with Crippen LogP contribution in [0.3, 0.4) is 0 Å². The first-order valence-electron chi connectivity index (χ1n) is 5.23. The SMILES string of the molecule is CCC(C)C(N)C(=O)O.CSCC(N)C(=O)O. The van der Waals surface area contributed by atoms with Gasteiger partial charge in [0.1, 0.15) is 12.1 Å². The highest BCUT2D eigenvalue weighted by atomic mass is 32.2. The summed E-state index contributed by atoms with van der Waals surface area (Å²) < 4.78 is 0. The Morgan fingerprint density at radius 3 is 1.82 bits per heavy atom. The lowest BCUT2D eigenvalue weighted by Crippen LogP contribution is -2.36. The maximum atomic E-state index is 10.2. The van der Waals surface area contributed by atoms with Crippen molar-refractivity contribution < 1.29 is 19.8 Å². The summed E-state index contributed by atoms with van der Waals surface area (Å²) in [5.41, 5.74) is 10.4. The minimum atomic E-state index is -0.931. The Morgan fingerprint density at radius 2 is 1.71 bits per heavy atom. The Morgan fingerprint density at radius 1 is 1.24 bits per heavy atom. The second-order valence-corrected chi connectivity index (χ2v) is 4.56. The molecule has 3 atom stereocenters. The van der Waals surface area contributed by atoms with Gasteiger partial charge in [-0.25, -0.2) is 0 Å². The predicted molar refractivity (Wildman–Crippen MR) is 69.1 cm³/mol. The van der Waals surface area contributed by atoms with Gasteiger partial charge in [-0.05, 0) is 12.2 Å². The molecule has 6 nitrogen and oxygen atoms in total. The van der Waals surface area contributed by atoms with Crippen molar-refractivity contribution in [3.8, 4) is 0 Å². The zero-order valence-corrected chi connectivity index (χ0v) is 11.2. The Labute approximate surface area is 106 Å². The van der Waals surface area contributed by atoms with Crippen LogP contribution in [0.4, 0.5) is 0 Å². The third-order valence-corrected chi connectivity index (χ3v) is 2.90. The van der Waals surface area contributed by atoms with Crippen molar-refractivity contribution in [1.29, 1.82) is 0 Å². The molecule has 0 fully saturated rings. The van der Waals surface area contributed by atoms with Crippen LogP contribution >= 0.6 is 11.8 Å². The molecule has 0 heterocycles. The van der Waals surface area contributed by atoms with E-state index in [-0.39, 0.29) is 5.92 Å². The van der Waals surface area contributed by atoms with Gasteiger partial charge in [0, 0.05) is 5.75 Å². The van der Waals surface area contributed by atoms with Gasteiger partial charge in [0.05, 0.1) is 0 Å². The highest BCUT2D eigenvalue weighted by Gasteiger charge is 2.17. The third-order valence-electron chi connectivity index (χ3n) is 2.21. The molecule has 0 aliphatic heterocycles. The summed E-state index contributed by atoms with van der Waals surface area (Å²) in [5.74, 6) is -1.29. The van der Waals surface area contributed by atoms with Crippen molar-refractivity contribution in [2.45, 2.75) is 32.4 Å². The number of hydrogen-bond acceptors (Lipinski definition) is 5. The highest BCUT2D eigenvalue weighted by molar-refractivity contribution is 7.98. The van der Waals surface area contributed by atoms with Crippen LogP contribution in [0.2, 0.25) is 0 Å². The van der Waals surface area contributed by atoms with Gasteiger partial charge in [-0.3, -0.25) is 9.59 Å². The minimum absolute atomic E-state index is 0.0718. The second kappa shape index (κ2) is 10.4. The Kier molecular flexibility index (Phi) is 11.3. The summed E-state index contributed by atoms with van der Waals surface area (Å²) in [4.78, 5) is 20.1. The smallest absolute Gasteiger partial charge is 0.321 e. The summed E-state index contributed by atoms with van der Waals surface area (Å²) in [5, 5.41) is 16.5. The highest BCUT2D eigenvalue weighted by Crippen LogP contribution is 2.04. The molecule has 0 rings (SSSR count). The standard InChI is InChI=1S/C6H13NO2.C4H9NO2S/c1-3-4(2)5(7)6(8)9;1-8-2-3(5)4(6)7/h4-5H,3,7H2,1-2H3,(H,8,9);3H,2,5H2,1H3,(H,6,7). The van der Waals surface area contributed by atoms with Crippen LogP contribution in [0, 0.1) is 5.92 Å². The molecule has 0 aromatic heterocycles. The number of carboxylic acids is 2. The van der Waals surface area contributed by atoms with E-state index in [4.69, 9.17) is 21.7 Å². The van der Waals surface area contributed by atoms with Gasteiger partial charge in [-0.1, -0.05) is 20.3 Å². The van der Waals surface area contributed by atoms with Crippen molar-refractivity contribution in [3.05, 3.63) is 0 Å². The fourth-order valence-corrected chi connectivity index (χ4v) is 1.25. The fraction of sp³-hybridized carbons (Fsp3) is 0.800. The van der Waals surface area contributed by atoms with E-state index >= 15 is 0 Å². The molecule has 0 bridgehead atoms. The molecule has 0 aromatic carbocycles. The lowest BCUT2D eigenvalue weighted by molar-refractivity contribution is -0.140. The largest absolute Gasteiger partial charge is 0.480 e. The topological polar surface area (TPSA) is 127 Å². The average molecular weight is 266 g/mol. The van der Waals surface area contributed by atoms with Crippen molar-refractivity contribution in [1.82, 2.24) is 0 Å². The normalized spacial score (nSPS) is 15.1.